The third kappa shape index (κ3) is 3.67. The summed E-state index contributed by atoms with van der Waals surface area (Å²) in [4.78, 5) is 0. The largest absolute Gasteiger partial charge is 0.495 e. The number of aliphatic hydroxyl groups is 1. The zero-order chi connectivity index (χ0) is 15.1. The second-order valence-corrected chi connectivity index (χ2v) is 4.55. The van der Waals surface area contributed by atoms with Crippen LogP contribution in [0.1, 0.15) is 18.5 Å². The number of aliphatic hydroxyl groups excluding tert-OH is 1. The third-order valence-corrected chi connectivity index (χ3v) is 3.21. The van der Waals surface area contributed by atoms with Gasteiger partial charge in [0.15, 0.2) is 0 Å². The highest BCUT2D eigenvalue weighted by molar-refractivity contribution is 5.58. The summed E-state index contributed by atoms with van der Waals surface area (Å²) >= 11 is 0. The molecular weight excluding hydrogens is 266 g/mol. The Hall–Kier alpha value is -2.20. The van der Waals surface area contributed by atoms with Gasteiger partial charge in [-0.3, -0.25) is 0 Å². The van der Waals surface area contributed by atoms with Crippen LogP contribution in [0.5, 0.6) is 11.5 Å². The van der Waals surface area contributed by atoms with Crippen LogP contribution in [0.4, 0.5) is 5.69 Å². The van der Waals surface area contributed by atoms with Gasteiger partial charge in [-0.05, 0) is 25.1 Å². The van der Waals surface area contributed by atoms with E-state index in [4.69, 9.17) is 9.47 Å². The maximum atomic E-state index is 9.74. The average Bonchev–Trinajstić information content (AvgIpc) is 2.54. The molecule has 0 aliphatic heterocycles. The summed E-state index contributed by atoms with van der Waals surface area (Å²) in [7, 11) is 1.63. The highest BCUT2D eigenvalue weighted by Gasteiger charge is 2.16. The lowest BCUT2D eigenvalue weighted by molar-refractivity contribution is 0.269. The summed E-state index contributed by atoms with van der Waals surface area (Å²) in [6, 6.07) is 15.1. The van der Waals surface area contributed by atoms with Crippen molar-refractivity contribution in [2.45, 2.75) is 13.0 Å². The molecule has 21 heavy (non-hydrogen) atoms. The first kappa shape index (κ1) is 15.2. The van der Waals surface area contributed by atoms with Gasteiger partial charge in [-0.25, -0.2) is 0 Å². The monoisotopic (exact) mass is 287 g/mol. The van der Waals surface area contributed by atoms with Gasteiger partial charge in [-0.1, -0.05) is 30.3 Å². The van der Waals surface area contributed by atoms with E-state index in [0.29, 0.717) is 6.61 Å². The smallest absolute Gasteiger partial charge is 0.141 e. The minimum absolute atomic E-state index is 0.0395. The minimum Gasteiger partial charge on any atom is -0.495 e. The molecule has 0 fully saturated rings. The fraction of sp³-hybridized carbons (Fsp3) is 0.294. The topological polar surface area (TPSA) is 50.7 Å². The van der Waals surface area contributed by atoms with Gasteiger partial charge < -0.3 is 19.9 Å². The molecule has 2 N–H and O–H groups in total. The van der Waals surface area contributed by atoms with Gasteiger partial charge in [-0.2, -0.15) is 0 Å². The van der Waals surface area contributed by atoms with Crippen molar-refractivity contribution < 1.29 is 14.6 Å². The van der Waals surface area contributed by atoms with Crippen molar-refractivity contribution in [1.82, 2.24) is 0 Å². The molecule has 2 aromatic carbocycles. The normalized spacial score (nSPS) is 11.8. The molecule has 112 valence electrons. The molecule has 0 amide bonds. The lowest BCUT2D eigenvalue weighted by Crippen LogP contribution is -2.16. The molecule has 0 spiro atoms. The van der Waals surface area contributed by atoms with Gasteiger partial charge in [0.25, 0.3) is 0 Å². The molecule has 0 bridgehead atoms. The van der Waals surface area contributed by atoms with Crippen LogP contribution in [-0.4, -0.2) is 25.4 Å². The van der Waals surface area contributed by atoms with Crippen molar-refractivity contribution in [3.63, 3.8) is 0 Å². The molecule has 1 atom stereocenters. The lowest BCUT2D eigenvalue weighted by atomic mass is 10.1. The molecule has 2 aromatic rings. The summed E-state index contributed by atoms with van der Waals surface area (Å²) in [6.45, 7) is 2.49. The number of hydrogen-bond donors (Lipinski definition) is 2. The van der Waals surface area contributed by atoms with E-state index in [-0.39, 0.29) is 12.6 Å². The number of rotatable bonds is 7. The van der Waals surface area contributed by atoms with E-state index >= 15 is 0 Å². The lowest BCUT2D eigenvalue weighted by Gasteiger charge is -2.22. The van der Waals surface area contributed by atoms with Crippen molar-refractivity contribution >= 4 is 5.69 Å². The average molecular weight is 287 g/mol. The number of benzene rings is 2. The van der Waals surface area contributed by atoms with E-state index in [9.17, 15) is 5.11 Å². The Morgan fingerprint density at radius 2 is 1.71 bits per heavy atom. The molecule has 0 aromatic heterocycles. The highest BCUT2D eigenvalue weighted by Crippen LogP contribution is 2.31. The van der Waals surface area contributed by atoms with Crippen molar-refractivity contribution in [2.24, 2.45) is 0 Å². The number of anilines is 1. The van der Waals surface area contributed by atoms with Gasteiger partial charge in [0.2, 0.25) is 0 Å². The number of nitrogens with one attached hydrogen (secondary N) is 1. The third-order valence-electron chi connectivity index (χ3n) is 3.21. The molecule has 2 rings (SSSR count). The predicted molar refractivity (Wildman–Crippen MR) is 84.1 cm³/mol. The molecule has 0 aliphatic rings. The fourth-order valence-electron chi connectivity index (χ4n) is 2.23. The van der Waals surface area contributed by atoms with Crippen LogP contribution in [0, 0.1) is 0 Å². The van der Waals surface area contributed by atoms with Gasteiger partial charge >= 0.3 is 0 Å². The first-order valence-corrected chi connectivity index (χ1v) is 7.02. The SMILES string of the molecule is CCOc1ccccc1C(CO)Nc1ccccc1OC. The summed E-state index contributed by atoms with van der Waals surface area (Å²) in [6.07, 6.45) is 0. The Kier molecular flexibility index (Phi) is 5.46. The molecule has 4 heteroatoms. The fourth-order valence-corrected chi connectivity index (χ4v) is 2.23. The number of methoxy groups -OCH3 is 1. The van der Waals surface area contributed by atoms with Crippen molar-refractivity contribution in [3.8, 4) is 11.5 Å². The van der Waals surface area contributed by atoms with Crippen LogP contribution in [0.25, 0.3) is 0 Å². The summed E-state index contributed by atoms with van der Waals surface area (Å²) < 4.78 is 11.0. The molecule has 0 aliphatic carbocycles. The van der Waals surface area contributed by atoms with Crippen LogP contribution in [0.3, 0.4) is 0 Å². The molecule has 0 radical (unpaired) electrons. The second kappa shape index (κ2) is 7.55. The zero-order valence-corrected chi connectivity index (χ0v) is 12.4. The van der Waals surface area contributed by atoms with Crippen molar-refractivity contribution in [2.75, 3.05) is 25.6 Å². The number of hydrogen-bond acceptors (Lipinski definition) is 4. The van der Waals surface area contributed by atoms with Crippen LogP contribution in [0.15, 0.2) is 48.5 Å². The first-order chi connectivity index (χ1) is 10.3. The standard InChI is InChI=1S/C17H21NO3/c1-3-21-16-10-6-4-8-13(16)15(12-19)18-14-9-5-7-11-17(14)20-2/h4-11,15,18-19H,3,12H2,1-2H3. The number of ether oxygens (including phenoxy) is 2. The number of para-hydroxylation sites is 3. The van der Waals surface area contributed by atoms with E-state index in [1.54, 1.807) is 7.11 Å². The second-order valence-electron chi connectivity index (χ2n) is 4.55. The van der Waals surface area contributed by atoms with Gasteiger partial charge in [0.05, 0.1) is 32.1 Å². The van der Waals surface area contributed by atoms with Crippen LogP contribution in [-0.2, 0) is 0 Å². The Morgan fingerprint density at radius 3 is 2.38 bits per heavy atom. The first-order valence-electron chi connectivity index (χ1n) is 7.02. The van der Waals surface area contributed by atoms with E-state index in [2.05, 4.69) is 5.32 Å². The summed E-state index contributed by atoms with van der Waals surface area (Å²) in [5, 5.41) is 13.0. The van der Waals surface area contributed by atoms with Crippen LogP contribution >= 0.6 is 0 Å². The Balaban J connectivity index is 2.28. The Bertz CT molecular complexity index is 571. The predicted octanol–water partition coefficient (Wildman–Crippen LogP) is 3.24. The summed E-state index contributed by atoms with van der Waals surface area (Å²) in [5.41, 5.74) is 1.76. The van der Waals surface area contributed by atoms with Crippen molar-refractivity contribution in [3.05, 3.63) is 54.1 Å². The van der Waals surface area contributed by atoms with Gasteiger partial charge in [0.1, 0.15) is 11.5 Å². The van der Waals surface area contributed by atoms with Crippen molar-refractivity contribution in [1.29, 1.82) is 0 Å². The quantitative estimate of drug-likeness (QED) is 0.821. The Labute approximate surface area is 125 Å². The molecular formula is C17H21NO3. The van der Waals surface area contributed by atoms with E-state index in [1.165, 1.54) is 0 Å². The molecule has 0 saturated carbocycles. The van der Waals surface area contributed by atoms with E-state index in [0.717, 1.165) is 22.7 Å². The zero-order valence-electron chi connectivity index (χ0n) is 12.4. The molecule has 0 saturated heterocycles. The molecule has 0 heterocycles. The minimum atomic E-state index is -0.260. The van der Waals surface area contributed by atoms with Gasteiger partial charge in [-0.15, -0.1) is 0 Å². The Morgan fingerprint density at radius 1 is 1.05 bits per heavy atom. The maximum Gasteiger partial charge on any atom is 0.141 e. The summed E-state index contributed by atoms with van der Waals surface area (Å²) in [5.74, 6) is 1.52. The highest BCUT2D eigenvalue weighted by atomic mass is 16.5. The molecule has 4 nitrogen and oxygen atoms in total. The van der Waals surface area contributed by atoms with Gasteiger partial charge in [0, 0.05) is 5.56 Å². The van der Waals surface area contributed by atoms with Crippen LogP contribution in [0.2, 0.25) is 0 Å². The van der Waals surface area contributed by atoms with E-state index in [1.807, 2.05) is 55.5 Å². The maximum absolute atomic E-state index is 9.74. The van der Waals surface area contributed by atoms with Crippen LogP contribution < -0.4 is 14.8 Å². The molecule has 1 unspecified atom stereocenters. The van der Waals surface area contributed by atoms with E-state index < -0.39 is 0 Å².